The first-order valence-corrected chi connectivity index (χ1v) is 8.04. The quantitative estimate of drug-likeness (QED) is 0.937. The Morgan fingerprint density at radius 3 is 3.05 bits per heavy atom. The van der Waals surface area contributed by atoms with Crippen LogP contribution in [0.1, 0.15) is 34.7 Å². The molecule has 4 heteroatoms. The standard InChI is InChI=1S/C16H21N3S/c1-12-15-6-8-20-16(15)5-7-19(12)11-14-4-3-13(9-17-2)10-18-14/h3-4,6,8,10,12,17H,5,7,9,11H2,1-2H3. The number of hydrogen-bond acceptors (Lipinski definition) is 4. The Morgan fingerprint density at radius 2 is 2.30 bits per heavy atom. The van der Waals surface area contributed by atoms with Crippen molar-refractivity contribution >= 4 is 11.3 Å². The Bertz CT molecular complexity index is 561. The number of hydrogen-bond donors (Lipinski definition) is 1. The maximum absolute atomic E-state index is 4.59. The minimum absolute atomic E-state index is 0.504. The maximum atomic E-state index is 4.59. The van der Waals surface area contributed by atoms with Crippen molar-refractivity contribution in [3.8, 4) is 0 Å². The van der Waals surface area contributed by atoms with Crippen molar-refractivity contribution in [1.29, 1.82) is 0 Å². The predicted octanol–water partition coefficient (Wildman–Crippen LogP) is 2.98. The lowest BCUT2D eigenvalue weighted by Gasteiger charge is -2.33. The van der Waals surface area contributed by atoms with Crippen molar-refractivity contribution in [2.75, 3.05) is 13.6 Å². The zero-order chi connectivity index (χ0) is 13.9. The van der Waals surface area contributed by atoms with Crippen molar-refractivity contribution in [2.45, 2.75) is 32.5 Å². The van der Waals surface area contributed by atoms with Crippen LogP contribution in [0.4, 0.5) is 0 Å². The largest absolute Gasteiger partial charge is 0.316 e. The van der Waals surface area contributed by atoms with Gasteiger partial charge in [0.15, 0.2) is 0 Å². The van der Waals surface area contributed by atoms with Crippen LogP contribution in [-0.2, 0) is 19.5 Å². The summed E-state index contributed by atoms with van der Waals surface area (Å²) in [5.41, 5.74) is 3.91. The van der Waals surface area contributed by atoms with Crippen LogP contribution in [0.5, 0.6) is 0 Å². The minimum atomic E-state index is 0.504. The van der Waals surface area contributed by atoms with Crippen LogP contribution in [0, 0.1) is 0 Å². The van der Waals surface area contributed by atoms with E-state index in [-0.39, 0.29) is 0 Å². The van der Waals surface area contributed by atoms with E-state index in [1.165, 1.54) is 17.5 Å². The van der Waals surface area contributed by atoms with E-state index in [0.29, 0.717) is 6.04 Å². The molecule has 0 spiro atoms. The molecule has 0 amide bonds. The van der Waals surface area contributed by atoms with Crippen LogP contribution in [0.25, 0.3) is 0 Å². The molecule has 1 atom stereocenters. The molecule has 0 bridgehead atoms. The van der Waals surface area contributed by atoms with Gasteiger partial charge in [-0.1, -0.05) is 6.07 Å². The SMILES string of the molecule is CNCc1ccc(CN2CCc3sccc3C2C)nc1. The molecule has 0 aromatic carbocycles. The van der Waals surface area contributed by atoms with E-state index in [0.717, 1.165) is 25.3 Å². The van der Waals surface area contributed by atoms with E-state index in [1.54, 1.807) is 4.88 Å². The molecule has 1 N–H and O–H groups in total. The van der Waals surface area contributed by atoms with Gasteiger partial charge in [0.2, 0.25) is 0 Å². The van der Waals surface area contributed by atoms with E-state index in [1.807, 2.05) is 24.6 Å². The lowest BCUT2D eigenvalue weighted by molar-refractivity contribution is 0.189. The summed E-state index contributed by atoms with van der Waals surface area (Å²) in [6.07, 6.45) is 3.16. The Balaban J connectivity index is 1.69. The van der Waals surface area contributed by atoms with Gasteiger partial charge in [0.05, 0.1) is 5.69 Å². The van der Waals surface area contributed by atoms with Gasteiger partial charge >= 0.3 is 0 Å². The highest BCUT2D eigenvalue weighted by Crippen LogP contribution is 2.33. The molecule has 1 unspecified atom stereocenters. The predicted molar refractivity (Wildman–Crippen MR) is 83.8 cm³/mol. The Morgan fingerprint density at radius 1 is 1.40 bits per heavy atom. The van der Waals surface area contributed by atoms with Gasteiger partial charge in [-0.2, -0.15) is 0 Å². The van der Waals surface area contributed by atoms with E-state index in [9.17, 15) is 0 Å². The number of nitrogens with zero attached hydrogens (tertiary/aromatic N) is 2. The fourth-order valence-electron chi connectivity index (χ4n) is 2.84. The number of pyridine rings is 1. The van der Waals surface area contributed by atoms with Crippen LogP contribution < -0.4 is 5.32 Å². The molecule has 3 heterocycles. The van der Waals surface area contributed by atoms with Crippen LogP contribution in [-0.4, -0.2) is 23.5 Å². The molecule has 0 aliphatic carbocycles. The topological polar surface area (TPSA) is 28.2 Å². The van der Waals surface area contributed by atoms with Gasteiger partial charge in [0.1, 0.15) is 0 Å². The van der Waals surface area contributed by atoms with Crippen LogP contribution in [0.15, 0.2) is 29.8 Å². The monoisotopic (exact) mass is 287 g/mol. The molecule has 1 aliphatic heterocycles. The molecule has 2 aromatic heterocycles. The van der Waals surface area contributed by atoms with Crippen LogP contribution in [0.2, 0.25) is 0 Å². The van der Waals surface area contributed by atoms with Crippen LogP contribution >= 0.6 is 11.3 Å². The first-order chi connectivity index (χ1) is 9.78. The molecule has 0 radical (unpaired) electrons. The first kappa shape index (κ1) is 13.7. The van der Waals surface area contributed by atoms with E-state index >= 15 is 0 Å². The lowest BCUT2D eigenvalue weighted by atomic mass is 10.0. The van der Waals surface area contributed by atoms with Crippen molar-refractivity contribution in [3.05, 3.63) is 51.5 Å². The van der Waals surface area contributed by atoms with Gasteiger partial charge in [-0.3, -0.25) is 9.88 Å². The second-order valence-electron chi connectivity index (χ2n) is 5.38. The second kappa shape index (κ2) is 6.04. The van der Waals surface area contributed by atoms with Crippen molar-refractivity contribution in [3.63, 3.8) is 0 Å². The van der Waals surface area contributed by atoms with Gasteiger partial charge in [-0.05, 0) is 49.0 Å². The van der Waals surface area contributed by atoms with Gasteiger partial charge in [0.25, 0.3) is 0 Å². The highest BCUT2D eigenvalue weighted by Gasteiger charge is 2.24. The average molecular weight is 287 g/mol. The number of aromatic nitrogens is 1. The zero-order valence-corrected chi connectivity index (χ0v) is 12.9. The Kier molecular flexibility index (Phi) is 4.15. The number of nitrogens with one attached hydrogen (secondary N) is 1. The lowest BCUT2D eigenvalue weighted by Crippen LogP contribution is -2.32. The van der Waals surface area contributed by atoms with Gasteiger partial charge in [-0.15, -0.1) is 11.3 Å². The molecule has 3 nitrogen and oxygen atoms in total. The fraction of sp³-hybridized carbons (Fsp3) is 0.438. The average Bonchev–Trinajstić information content (AvgIpc) is 2.94. The third-order valence-electron chi connectivity index (χ3n) is 4.04. The summed E-state index contributed by atoms with van der Waals surface area (Å²) >= 11 is 1.90. The molecular weight excluding hydrogens is 266 g/mol. The summed E-state index contributed by atoms with van der Waals surface area (Å²) in [5.74, 6) is 0. The third kappa shape index (κ3) is 2.77. The zero-order valence-electron chi connectivity index (χ0n) is 12.1. The molecule has 3 rings (SSSR count). The minimum Gasteiger partial charge on any atom is -0.316 e. The summed E-state index contributed by atoms with van der Waals surface area (Å²) in [7, 11) is 1.96. The van der Waals surface area contributed by atoms with E-state index in [4.69, 9.17) is 0 Å². The van der Waals surface area contributed by atoms with Crippen molar-refractivity contribution in [2.24, 2.45) is 0 Å². The van der Waals surface area contributed by atoms with Crippen molar-refractivity contribution < 1.29 is 0 Å². The second-order valence-corrected chi connectivity index (χ2v) is 6.38. The molecular formula is C16H21N3S. The third-order valence-corrected chi connectivity index (χ3v) is 5.03. The summed E-state index contributed by atoms with van der Waals surface area (Å²) < 4.78 is 0. The normalized spacial score (nSPS) is 19.0. The number of fused-ring (bicyclic) bond motifs is 1. The summed E-state index contributed by atoms with van der Waals surface area (Å²) in [5, 5.41) is 5.37. The number of rotatable bonds is 4. The van der Waals surface area contributed by atoms with Gasteiger partial charge in [0, 0.05) is 36.8 Å². The molecule has 1 aliphatic rings. The number of thiophene rings is 1. The van der Waals surface area contributed by atoms with E-state index in [2.05, 4.69) is 45.7 Å². The molecule has 2 aromatic rings. The van der Waals surface area contributed by atoms with Crippen LogP contribution in [0.3, 0.4) is 0 Å². The molecule has 106 valence electrons. The Hall–Kier alpha value is -1.23. The summed E-state index contributed by atoms with van der Waals surface area (Å²) in [6, 6.07) is 7.11. The van der Waals surface area contributed by atoms with Gasteiger partial charge in [-0.25, -0.2) is 0 Å². The fourth-order valence-corrected chi connectivity index (χ4v) is 3.81. The van der Waals surface area contributed by atoms with Crippen molar-refractivity contribution in [1.82, 2.24) is 15.2 Å². The molecule has 0 saturated carbocycles. The molecule has 20 heavy (non-hydrogen) atoms. The summed E-state index contributed by atoms with van der Waals surface area (Å²) in [6.45, 7) is 5.26. The van der Waals surface area contributed by atoms with Gasteiger partial charge < -0.3 is 5.32 Å². The molecule has 0 fully saturated rings. The maximum Gasteiger partial charge on any atom is 0.0544 e. The highest BCUT2D eigenvalue weighted by atomic mass is 32.1. The highest BCUT2D eigenvalue weighted by molar-refractivity contribution is 7.10. The smallest absolute Gasteiger partial charge is 0.0544 e. The Labute approximate surface area is 124 Å². The first-order valence-electron chi connectivity index (χ1n) is 7.16. The van der Waals surface area contributed by atoms with E-state index < -0.39 is 0 Å². The molecule has 0 saturated heterocycles. The summed E-state index contributed by atoms with van der Waals surface area (Å²) in [4.78, 5) is 8.67.